The third-order valence-electron chi connectivity index (χ3n) is 5.10. The molecule has 1 N–H and O–H groups in total. The third-order valence-corrected chi connectivity index (χ3v) is 9.69. The van der Waals surface area contributed by atoms with Crippen LogP contribution in [0.5, 0.6) is 5.75 Å². The van der Waals surface area contributed by atoms with Gasteiger partial charge in [0.05, 0.1) is 12.0 Å². The minimum Gasteiger partial charge on any atom is -0.465 e. The molecule has 1 aromatic rings. The van der Waals surface area contributed by atoms with Crippen molar-refractivity contribution >= 4 is 36.1 Å². The van der Waals surface area contributed by atoms with Gasteiger partial charge in [0.15, 0.2) is 0 Å². The molecule has 40 heavy (non-hydrogen) atoms. The molecule has 0 unspecified atom stereocenters. The molecule has 0 heterocycles. The average Bonchev–Trinajstić information content (AvgIpc) is 2.77. The quantitative estimate of drug-likeness (QED) is 0.190. The lowest BCUT2D eigenvalue weighted by atomic mass is 9.91. The van der Waals surface area contributed by atoms with E-state index < -0.39 is 73.4 Å². The number of sulfonamides is 2. The fraction of sp³-hybridized carbons (Fsp3) is 0.611. The molecule has 1 rings (SSSR count). The highest BCUT2D eigenvalue weighted by Crippen LogP contribution is 2.51. The van der Waals surface area contributed by atoms with Crippen LogP contribution >= 0.6 is 0 Å². The largest absolute Gasteiger partial charge is 0.512 e. The third kappa shape index (κ3) is 6.93. The summed E-state index contributed by atoms with van der Waals surface area (Å²) >= 11 is 0. The van der Waals surface area contributed by atoms with E-state index in [1.54, 1.807) is 20.8 Å². The van der Waals surface area contributed by atoms with Crippen molar-refractivity contribution in [2.24, 2.45) is 5.41 Å². The second kappa shape index (κ2) is 11.2. The zero-order valence-corrected chi connectivity index (χ0v) is 22.7. The number of carbonyl (C=O) groups is 1. The summed E-state index contributed by atoms with van der Waals surface area (Å²) in [5, 5.41) is -14.6. The Labute approximate surface area is 222 Å². The number of hydrogen-bond acceptors (Lipinski definition) is 9. The minimum absolute atomic E-state index is 0.0231. The van der Waals surface area contributed by atoms with Gasteiger partial charge in [-0.15, -0.1) is 0 Å². The average molecular weight is 662 g/mol. The van der Waals surface area contributed by atoms with Crippen molar-refractivity contribution in [3.05, 3.63) is 29.8 Å². The topological polar surface area (TPSA) is 150 Å². The molecular weight excluding hydrogens is 641 g/mol. The second-order valence-electron chi connectivity index (χ2n) is 8.45. The molecule has 0 saturated carbocycles. The van der Waals surface area contributed by atoms with Crippen molar-refractivity contribution in [2.45, 2.75) is 55.6 Å². The Morgan fingerprint density at radius 3 is 1.70 bits per heavy atom. The number of halogens is 9. The highest BCUT2D eigenvalue weighted by atomic mass is 32.3. The molecule has 0 aliphatic heterocycles. The summed E-state index contributed by atoms with van der Waals surface area (Å²) in [4.78, 5) is 11.9. The first-order chi connectivity index (χ1) is 17.6. The molecule has 0 spiro atoms. The molecular formula is C18H20F9NO9S3. The van der Waals surface area contributed by atoms with E-state index in [2.05, 4.69) is 4.18 Å². The number of esters is 1. The molecule has 0 aromatic heterocycles. The summed E-state index contributed by atoms with van der Waals surface area (Å²) in [6.45, 7) is 4.73. The van der Waals surface area contributed by atoms with Crippen molar-refractivity contribution < 1.29 is 78.5 Å². The van der Waals surface area contributed by atoms with Crippen LogP contribution in [0.4, 0.5) is 39.5 Å². The first-order valence-corrected chi connectivity index (χ1v) is 14.6. The number of carbonyl (C=O) groups excluding carboxylic acids is 1. The summed E-state index contributed by atoms with van der Waals surface area (Å²) < 4.78 is 197. The maximum Gasteiger partial charge on any atom is 0.512 e. The van der Waals surface area contributed by atoms with E-state index in [-0.39, 0.29) is 18.6 Å². The van der Waals surface area contributed by atoms with Gasteiger partial charge in [-0.3, -0.25) is 4.79 Å². The molecule has 0 radical (unpaired) electrons. The highest BCUT2D eigenvalue weighted by Gasteiger charge is 2.83. The standard InChI is InChI=1S/C18H20F9NO9S3/c1-4-14(2,3)13(29)36-10-9-11-5-7-12(8-6-11)37-40(34,35)17(23,24)15(19,20)16(21,22)38(30,31)28-39(32,33)18(25,26)27/h5-8,28H,4,9-10H2,1-3H3. The van der Waals surface area contributed by atoms with Crippen LogP contribution in [0.3, 0.4) is 0 Å². The molecule has 0 fully saturated rings. The molecule has 232 valence electrons. The van der Waals surface area contributed by atoms with Crippen LogP contribution in [-0.2, 0) is 46.1 Å². The van der Waals surface area contributed by atoms with Crippen molar-refractivity contribution in [2.75, 3.05) is 6.61 Å². The fourth-order valence-corrected chi connectivity index (χ4v) is 5.62. The van der Waals surface area contributed by atoms with Gasteiger partial charge in [0.1, 0.15) is 5.75 Å². The number of nitrogens with one attached hydrogen (secondary N) is 1. The van der Waals surface area contributed by atoms with Crippen molar-refractivity contribution in [1.29, 1.82) is 0 Å². The lowest BCUT2D eigenvalue weighted by Gasteiger charge is -2.31. The Morgan fingerprint density at radius 1 is 0.800 bits per heavy atom. The predicted molar refractivity (Wildman–Crippen MR) is 117 cm³/mol. The van der Waals surface area contributed by atoms with Gasteiger partial charge in [-0.25, -0.2) is 16.8 Å². The van der Waals surface area contributed by atoms with Gasteiger partial charge in [0.25, 0.3) is 10.0 Å². The van der Waals surface area contributed by atoms with E-state index in [4.69, 9.17) is 4.74 Å². The zero-order chi connectivity index (χ0) is 31.8. The normalized spacial score (nSPS) is 14.6. The van der Waals surface area contributed by atoms with Crippen LogP contribution in [0, 0.1) is 5.41 Å². The van der Waals surface area contributed by atoms with E-state index in [1.165, 1.54) is 0 Å². The summed E-state index contributed by atoms with van der Waals surface area (Å²) in [6, 6.07) is 3.08. The van der Waals surface area contributed by atoms with E-state index in [1.807, 2.05) is 0 Å². The summed E-state index contributed by atoms with van der Waals surface area (Å²) in [5.74, 6) is -9.34. The monoisotopic (exact) mass is 661 g/mol. The van der Waals surface area contributed by atoms with Crippen LogP contribution in [0.25, 0.3) is 0 Å². The van der Waals surface area contributed by atoms with Crippen LogP contribution in [0.15, 0.2) is 24.3 Å². The Kier molecular flexibility index (Phi) is 9.96. The van der Waals surface area contributed by atoms with Crippen molar-refractivity contribution in [1.82, 2.24) is 4.13 Å². The SMILES string of the molecule is CCC(C)(C)C(=O)OCCc1ccc(OS(=O)(=O)C(F)(F)C(F)(F)C(F)(F)S(=O)(=O)NS(=O)(=O)C(F)(F)F)cc1. The van der Waals surface area contributed by atoms with Gasteiger partial charge in [-0.1, -0.05) is 23.2 Å². The number of benzene rings is 1. The number of rotatable bonds is 13. The van der Waals surface area contributed by atoms with E-state index in [9.17, 15) is 69.6 Å². The smallest absolute Gasteiger partial charge is 0.465 e. The molecule has 0 saturated heterocycles. The van der Waals surface area contributed by atoms with Gasteiger partial charge < -0.3 is 8.92 Å². The molecule has 1 aromatic carbocycles. The molecule has 0 aliphatic carbocycles. The summed E-state index contributed by atoms with van der Waals surface area (Å²) in [7, 11) is -22.5. The maximum absolute atomic E-state index is 14.1. The maximum atomic E-state index is 14.1. The Hall–Kier alpha value is -2.33. The molecule has 0 atom stereocenters. The van der Waals surface area contributed by atoms with Gasteiger partial charge in [-0.05, 0) is 38.0 Å². The number of ether oxygens (including phenoxy) is 1. The number of alkyl halides is 9. The zero-order valence-electron chi connectivity index (χ0n) is 20.2. The predicted octanol–water partition coefficient (Wildman–Crippen LogP) is 3.51. The lowest BCUT2D eigenvalue weighted by molar-refractivity contribution is -0.245. The van der Waals surface area contributed by atoms with Gasteiger partial charge in [0, 0.05) is 6.42 Å². The molecule has 22 heteroatoms. The van der Waals surface area contributed by atoms with E-state index in [0.717, 1.165) is 12.1 Å². The fourth-order valence-electron chi connectivity index (χ4n) is 2.23. The lowest BCUT2D eigenvalue weighted by Crippen LogP contribution is -2.64. The van der Waals surface area contributed by atoms with Gasteiger partial charge in [-0.2, -0.15) is 47.9 Å². The van der Waals surface area contributed by atoms with Crippen LogP contribution < -0.4 is 8.31 Å². The second-order valence-corrected chi connectivity index (χ2v) is 13.7. The Bertz CT molecular complexity index is 1410. The van der Waals surface area contributed by atoms with E-state index >= 15 is 0 Å². The van der Waals surface area contributed by atoms with Crippen molar-refractivity contribution in [3.8, 4) is 5.75 Å². The summed E-state index contributed by atoms with van der Waals surface area (Å²) in [5.41, 5.74) is -7.24. The van der Waals surface area contributed by atoms with Gasteiger partial charge in [0.2, 0.25) is 0 Å². The Morgan fingerprint density at radius 2 is 1.27 bits per heavy atom. The Balaban J connectivity index is 3.17. The van der Waals surface area contributed by atoms with Crippen LogP contribution in [0.1, 0.15) is 32.8 Å². The first-order valence-electron chi connectivity index (χ1n) is 10.3. The van der Waals surface area contributed by atoms with Crippen molar-refractivity contribution in [3.63, 3.8) is 0 Å². The molecule has 0 bridgehead atoms. The van der Waals surface area contributed by atoms with Crippen LogP contribution in [-0.4, -0.2) is 59.8 Å². The van der Waals surface area contributed by atoms with Crippen LogP contribution in [0.2, 0.25) is 0 Å². The minimum atomic E-state index is -7.88. The highest BCUT2D eigenvalue weighted by molar-refractivity contribution is 8.05. The summed E-state index contributed by atoms with van der Waals surface area (Å²) in [6.07, 6.45) is 0.418. The first kappa shape index (κ1) is 35.7. The molecule has 10 nitrogen and oxygen atoms in total. The number of hydrogen-bond donors (Lipinski definition) is 1. The molecule has 0 amide bonds. The van der Waals surface area contributed by atoms with E-state index in [0.29, 0.717) is 18.6 Å². The molecule has 0 aliphatic rings. The van der Waals surface area contributed by atoms with Gasteiger partial charge >= 0.3 is 48.1 Å².